The minimum absolute atomic E-state index is 0.0471. The summed E-state index contributed by atoms with van der Waals surface area (Å²) in [6.45, 7) is 3.79. The van der Waals surface area contributed by atoms with E-state index in [4.69, 9.17) is 5.11 Å². The molecule has 1 aromatic heterocycles. The molecule has 1 atom stereocenters. The van der Waals surface area contributed by atoms with Gasteiger partial charge < -0.3 is 15.3 Å². The third-order valence-corrected chi connectivity index (χ3v) is 5.74. The lowest BCUT2D eigenvalue weighted by atomic mass is 9.96. The summed E-state index contributed by atoms with van der Waals surface area (Å²) in [5, 5.41) is 12.0. The molecule has 3 heterocycles. The molecule has 0 spiro atoms. The smallest absolute Gasteiger partial charge is 0.407 e. The summed E-state index contributed by atoms with van der Waals surface area (Å²) < 4.78 is 0. The van der Waals surface area contributed by atoms with Gasteiger partial charge in [0.2, 0.25) is 5.91 Å². The van der Waals surface area contributed by atoms with Crippen LogP contribution in [-0.2, 0) is 4.79 Å². The number of amides is 2. The minimum atomic E-state index is -0.889. The van der Waals surface area contributed by atoms with Crippen LogP contribution in [0, 0.1) is 5.92 Å². The van der Waals surface area contributed by atoms with Gasteiger partial charge in [0.1, 0.15) is 0 Å². The zero-order valence-electron chi connectivity index (χ0n) is 15.8. The first-order chi connectivity index (χ1) is 13.1. The van der Waals surface area contributed by atoms with Crippen molar-refractivity contribution in [1.82, 2.24) is 20.1 Å². The predicted octanol–water partition coefficient (Wildman–Crippen LogP) is 2.50. The topological polar surface area (TPSA) is 85.8 Å². The second-order valence-corrected chi connectivity index (χ2v) is 7.52. The average Bonchev–Trinajstić information content (AvgIpc) is 3.17. The van der Waals surface area contributed by atoms with Crippen LogP contribution in [0.5, 0.6) is 0 Å². The first-order valence-corrected chi connectivity index (χ1v) is 10.0. The van der Waals surface area contributed by atoms with E-state index in [0.717, 1.165) is 25.9 Å². The van der Waals surface area contributed by atoms with E-state index in [1.165, 1.54) is 23.3 Å². The van der Waals surface area contributed by atoms with Gasteiger partial charge in [-0.3, -0.25) is 14.7 Å². The number of carboxylic acid groups (broad SMARTS) is 1. The Morgan fingerprint density at radius 2 is 2.00 bits per heavy atom. The molecule has 0 radical (unpaired) electrons. The molecule has 2 amide bonds. The van der Waals surface area contributed by atoms with Gasteiger partial charge in [-0.05, 0) is 63.2 Å². The molecule has 2 fully saturated rings. The number of piperidine rings is 1. The lowest BCUT2D eigenvalue weighted by Crippen LogP contribution is -2.42. The van der Waals surface area contributed by atoms with E-state index >= 15 is 0 Å². The monoisotopic (exact) mass is 374 g/mol. The SMILES string of the molecule is O=C(NCCCCN1CCCC1c1cccnc1)C1CCN(C(=O)O)CC1. The number of hydrogen-bond donors (Lipinski definition) is 2. The molecule has 3 rings (SSSR count). The molecule has 1 unspecified atom stereocenters. The van der Waals surface area contributed by atoms with E-state index in [1.54, 1.807) is 0 Å². The van der Waals surface area contributed by atoms with Crippen LogP contribution < -0.4 is 5.32 Å². The molecule has 148 valence electrons. The third-order valence-electron chi connectivity index (χ3n) is 5.74. The van der Waals surface area contributed by atoms with Gasteiger partial charge in [-0.15, -0.1) is 0 Å². The summed E-state index contributed by atoms with van der Waals surface area (Å²) in [7, 11) is 0. The van der Waals surface area contributed by atoms with Crippen molar-refractivity contribution in [3.8, 4) is 0 Å². The van der Waals surface area contributed by atoms with Crippen LogP contribution in [0.1, 0.15) is 50.1 Å². The van der Waals surface area contributed by atoms with Crippen molar-refractivity contribution < 1.29 is 14.7 Å². The van der Waals surface area contributed by atoms with E-state index < -0.39 is 6.09 Å². The van der Waals surface area contributed by atoms with Crippen LogP contribution in [0.4, 0.5) is 4.79 Å². The van der Waals surface area contributed by atoms with Gasteiger partial charge in [-0.2, -0.15) is 0 Å². The van der Waals surface area contributed by atoms with Gasteiger partial charge >= 0.3 is 6.09 Å². The third kappa shape index (κ3) is 5.42. The van der Waals surface area contributed by atoms with Gasteiger partial charge in [0.05, 0.1) is 0 Å². The Labute approximate surface area is 160 Å². The molecule has 0 aliphatic carbocycles. The number of carbonyl (C=O) groups excluding carboxylic acids is 1. The second kappa shape index (κ2) is 9.69. The van der Waals surface area contributed by atoms with E-state index in [0.29, 0.717) is 38.5 Å². The number of nitrogens with zero attached hydrogens (tertiary/aromatic N) is 3. The number of hydrogen-bond acceptors (Lipinski definition) is 4. The van der Waals surface area contributed by atoms with Gasteiger partial charge in [0.25, 0.3) is 0 Å². The highest BCUT2D eigenvalue weighted by Gasteiger charge is 2.27. The second-order valence-electron chi connectivity index (χ2n) is 7.52. The van der Waals surface area contributed by atoms with E-state index in [-0.39, 0.29) is 11.8 Å². The van der Waals surface area contributed by atoms with Gasteiger partial charge in [0.15, 0.2) is 0 Å². The molecule has 0 aromatic carbocycles. The Morgan fingerprint density at radius 3 is 2.70 bits per heavy atom. The lowest BCUT2D eigenvalue weighted by Gasteiger charge is -2.29. The minimum Gasteiger partial charge on any atom is -0.465 e. The Hall–Kier alpha value is -2.15. The number of nitrogens with one attached hydrogen (secondary N) is 1. The molecule has 0 saturated carbocycles. The summed E-state index contributed by atoms with van der Waals surface area (Å²) >= 11 is 0. The number of rotatable bonds is 7. The maximum atomic E-state index is 12.2. The first kappa shape index (κ1) is 19.6. The summed E-state index contributed by atoms with van der Waals surface area (Å²) in [4.78, 5) is 31.3. The highest BCUT2D eigenvalue weighted by Crippen LogP contribution is 2.31. The number of aromatic nitrogens is 1. The fourth-order valence-electron chi connectivity index (χ4n) is 4.17. The molecule has 7 heteroatoms. The molecule has 7 nitrogen and oxygen atoms in total. The van der Waals surface area contributed by atoms with Crippen LogP contribution in [0.2, 0.25) is 0 Å². The lowest BCUT2D eigenvalue weighted by molar-refractivity contribution is -0.126. The number of pyridine rings is 1. The Morgan fingerprint density at radius 1 is 1.19 bits per heavy atom. The highest BCUT2D eigenvalue weighted by atomic mass is 16.4. The molecular weight excluding hydrogens is 344 g/mol. The van der Waals surface area contributed by atoms with Crippen molar-refractivity contribution in [2.75, 3.05) is 32.7 Å². The van der Waals surface area contributed by atoms with Gasteiger partial charge in [0, 0.05) is 44.0 Å². The molecule has 2 saturated heterocycles. The number of carbonyl (C=O) groups is 2. The summed E-state index contributed by atoms with van der Waals surface area (Å²) in [6.07, 6.45) is 8.60. The Balaban J connectivity index is 1.31. The molecule has 27 heavy (non-hydrogen) atoms. The fraction of sp³-hybridized carbons (Fsp3) is 0.650. The van der Waals surface area contributed by atoms with Gasteiger partial charge in [-0.25, -0.2) is 4.79 Å². The van der Waals surface area contributed by atoms with E-state index in [9.17, 15) is 9.59 Å². The van der Waals surface area contributed by atoms with E-state index in [2.05, 4.69) is 21.3 Å². The van der Waals surface area contributed by atoms with Crippen molar-refractivity contribution in [2.45, 2.75) is 44.6 Å². The summed E-state index contributed by atoms with van der Waals surface area (Å²) in [6, 6.07) is 4.64. The van der Waals surface area contributed by atoms with Crippen molar-refractivity contribution in [3.63, 3.8) is 0 Å². The first-order valence-electron chi connectivity index (χ1n) is 10.0. The van der Waals surface area contributed by atoms with Crippen LogP contribution in [0.3, 0.4) is 0 Å². The molecule has 2 N–H and O–H groups in total. The predicted molar refractivity (Wildman–Crippen MR) is 102 cm³/mol. The van der Waals surface area contributed by atoms with Crippen molar-refractivity contribution in [1.29, 1.82) is 0 Å². The molecular formula is C20H30N4O3. The number of likely N-dealkylation sites (tertiary alicyclic amines) is 2. The van der Waals surface area contributed by atoms with Gasteiger partial charge in [-0.1, -0.05) is 6.07 Å². The Kier molecular flexibility index (Phi) is 7.04. The number of unbranched alkanes of at least 4 members (excludes halogenated alkanes) is 1. The maximum Gasteiger partial charge on any atom is 0.407 e. The zero-order valence-corrected chi connectivity index (χ0v) is 15.8. The average molecular weight is 374 g/mol. The van der Waals surface area contributed by atoms with Crippen molar-refractivity contribution in [3.05, 3.63) is 30.1 Å². The zero-order chi connectivity index (χ0) is 19.1. The highest BCUT2D eigenvalue weighted by molar-refractivity contribution is 5.79. The normalized spacial score (nSPS) is 21.3. The maximum absolute atomic E-state index is 12.2. The molecule has 2 aliphatic heterocycles. The Bertz CT molecular complexity index is 617. The van der Waals surface area contributed by atoms with Crippen molar-refractivity contribution >= 4 is 12.0 Å². The van der Waals surface area contributed by atoms with Crippen LogP contribution in [0.15, 0.2) is 24.5 Å². The largest absolute Gasteiger partial charge is 0.465 e. The fourth-order valence-corrected chi connectivity index (χ4v) is 4.17. The molecule has 0 bridgehead atoms. The quantitative estimate of drug-likeness (QED) is 0.716. The van der Waals surface area contributed by atoms with Crippen LogP contribution in [-0.4, -0.2) is 64.6 Å². The molecule has 1 aromatic rings. The van der Waals surface area contributed by atoms with E-state index in [1.807, 2.05) is 18.5 Å². The molecule has 2 aliphatic rings. The summed E-state index contributed by atoms with van der Waals surface area (Å²) in [5.41, 5.74) is 1.30. The van der Waals surface area contributed by atoms with Crippen LogP contribution in [0.25, 0.3) is 0 Å². The summed E-state index contributed by atoms with van der Waals surface area (Å²) in [5.74, 6) is 0.0311. The van der Waals surface area contributed by atoms with Crippen LogP contribution >= 0.6 is 0 Å². The van der Waals surface area contributed by atoms with Crippen molar-refractivity contribution in [2.24, 2.45) is 5.92 Å². The standard InChI is InChI=1S/C20H30N4O3/c25-19(16-7-13-24(14-8-16)20(26)27)22-10-1-2-11-23-12-4-6-18(23)17-5-3-9-21-15-17/h3,5,9,15-16,18H,1-2,4,6-8,10-14H2,(H,22,25)(H,26,27).